The Bertz CT molecular complexity index is 428. The Labute approximate surface area is 106 Å². The number of hydrogen-bond donors (Lipinski definition) is 3. The first-order valence-corrected chi connectivity index (χ1v) is 5.88. The van der Waals surface area contributed by atoms with E-state index in [1.807, 2.05) is 6.92 Å². The smallest absolute Gasteiger partial charge is 0.335 e. The van der Waals surface area contributed by atoms with Gasteiger partial charge in [-0.05, 0) is 24.1 Å². The van der Waals surface area contributed by atoms with Crippen LogP contribution in [0.25, 0.3) is 0 Å². The van der Waals surface area contributed by atoms with Crippen LogP contribution in [0.15, 0.2) is 24.3 Å². The highest BCUT2D eigenvalue weighted by Gasteiger charge is 2.13. The Hall–Kier alpha value is -1.88. The highest BCUT2D eigenvalue weighted by molar-refractivity contribution is 5.87. The average molecular weight is 250 g/mol. The van der Waals surface area contributed by atoms with Gasteiger partial charge in [0.25, 0.3) is 0 Å². The van der Waals surface area contributed by atoms with Crippen LogP contribution in [0.4, 0.5) is 0 Å². The number of carboxylic acids is 1. The molecule has 1 aromatic carbocycles. The summed E-state index contributed by atoms with van der Waals surface area (Å²) in [6.45, 7) is 2.54. The van der Waals surface area contributed by atoms with Gasteiger partial charge in [-0.1, -0.05) is 19.1 Å². The first-order chi connectivity index (χ1) is 8.58. The van der Waals surface area contributed by atoms with E-state index in [2.05, 4.69) is 5.32 Å². The molecule has 0 aliphatic heterocycles. The number of rotatable bonds is 6. The van der Waals surface area contributed by atoms with E-state index in [0.29, 0.717) is 19.5 Å². The van der Waals surface area contributed by atoms with Gasteiger partial charge in [-0.2, -0.15) is 0 Å². The molecule has 0 aliphatic rings. The van der Waals surface area contributed by atoms with E-state index >= 15 is 0 Å². The third-order valence-corrected chi connectivity index (χ3v) is 2.79. The van der Waals surface area contributed by atoms with Gasteiger partial charge >= 0.3 is 5.97 Å². The van der Waals surface area contributed by atoms with Crippen molar-refractivity contribution in [3.05, 3.63) is 35.4 Å². The molecule has 0 aromatic heterocycles. The number of carboxylic acid groups (broad SMARTS) is 1. The predicted molar refractivity (Wildman–Crippen MR) is 68.1 cm³/mol. The van der Waals surface area contributed by atoms with Crippen LogP contribution in [-0.2, 0) is 11.3 Å². The van der Waals surface area contributed by atoms with Crippen LogP contribution >= 0.6 is 0 Å². The minimum Gasteiger partial charge on any atom is -0.478 e. The Morgan fingerprint density at radius 1 is 1.44 bits per heavy atom. The van der Waals surface area contributed by atoms with Gasteiger partial charge in [-0.15, -0.1) is 0 Å². The molecule has 1 unspecified atom stereocenters. The number of aromatic carboxylic acids is 1. The summed E-state index contributed by atoms with van der Waals surface area (Å²) in [6.07, 6.45) is 0.692. The lowest BCUT2D eigenvalue weighted by molar-refractivity contribution is -0.124. The second-order valence-corrected chi connectivity index (χ2v) is 4.06. The molecular formula is C13H18N2O3. The lowest BCUT2D eigenvalue weighted by atomic mass is 10.1. The first kappa shape index (κ1) is 14.2. The third-order valence-electron chi connectivity index (χ3n) is 2.79. The van der Waals surface area contributed by atoms with Crippen molar-refractivity contribution in [2.45, 2.75) is 19.9 Å². The molecule has 0 radical (unpaired) electrons. The quantitative estimate of drug-likeness (QED) is 0.702. The van der Waals surface area contributed by atoms with Gasteiger partial charge in [0.05, 0.1) is 5.56 Å². The van der Waals surface area contributed by atoms with E-state index in [9.17, 15) is 9.59 Å². The SMILES string of the molecule is CCC(CN)C(=O)NCc1cccc(C(=O)O)c1. The van der Waals surface area contributed by atoms with Gasteiger partial charge < -0.3 is 16.2 Å². The van der Waals surface area contributed by atoms with Crippen molar-refractivity contribution in [2.24, 2.45) is 11.7 Å². The topological polar surface area (TPSA) is 92.4 Å². The molecule has 0 saturated heterocycles. The largest absolute Gasteiger partial charge is 0.478 e. The fourth-order valence-electron chi connectivity index (χ4n) is 1.61. The fraction of sp³-hybridized carbons (Fsp3) is 0.385. The van der Waals surface area contributed by atoms with Crippen LogP contribution in [0.2, 0.25) is 0 Å². The van der Waals surface area contributed by atoms with E-state index in [-0.39, 0.29) is 17.4 Å². The van der Waals surface area contributed by atoms with E-state index in [0.717, 1.165) is 5.56 Å². The van der Waals surface area contributed by atoms with Crippen LogP contribution in [0.3, 0.4) is 0 Å². The number of hydrogen-bond acceptors (Lipinski definition) is 3. The summed E-state index contributed by atoms with van der Waals surface area (Å²) in [5.74, 6) is -1.26. The van der Waals surface area contributed by atoms with Crippen LogP contribution in [0.5, 0.6) is 0 Å². The Kier molecular flexibility index (Phi) is 5.32. The first-order valence-electron chi connectivity index (χ1n) is 5.88. The number of amides is 1. The number of carbonyl (C=O) groups excluding carboxylic acids is 1. The van der Waals surface area contributed by atoms with E-state index in [1.165, 1.54) is 6.07 Å². The molecule has 1 rings (SSSR count). The highest BCUT2D eigenvalue weighted by atomic mass is 16.4. The maximum Gasteiger partial charge on any atom is 0.335 e. The molecule has 0 bridgehead atoms. The third kappa shape index (κ3) is 3.85. The molecule has 0 spiro atoms. The molecule has 4 N–H and O–H groups in total. The standard InChI is InChI=1S/C13H18N2O3/c1-2-10(7-14)12(16)15-8-9-4-3-5-11(6-9)13(17)18/h3-6,10H,2,7-8,14H2,1H3,(H,15,16)(H,17,18). The minimum absolute atomic E-state index is 0.0965. The summed E-state index contributed by atoms with van der Waals surface area (Å²) in [4.78, 5) is 22.5. The second-order valence-electron chi connectivity index (χ2n) is 4.06. The molecule has 5 heteroatoms. The molecule has 0 saturated carbocycles. The molecule has 1 amide bonds. The monoisotopic (exact) mass is 250 g/mol. The maximum absolute atomic E-state index is 11.7. The molecule has 5 nitrogen and oxygen atoms in total. The summed E-state index contributed by atoms with van der Waals surface area (Å²) in [5.41, 5.74) is 6.45. The van der Waals surface area contributed by atoms with Crippen LogP contribution < -0.4 is 11.1 Å². The van der Waals surface area contributed by atoms with Crippen LogP contribution in [0.1, 0.15) is 29.3 Å². The van der Waals surface area contributed by atoms with E-state index in [4.69, 9.17) is 10.8 Å². The van der Waals surface area contributed by atoms with Gasteiger partial charge in [0.15, 0.2) is 0 Å². The van der Waals surface area contributed by atoms with Crippen LogP contribution in [0, 0.1) is 5.92 Å². The molecule has 0 heterocycles. The van der Waals surface area contributed by atoms with Crippen molar-refractivity contribution in [1.29, 1.82) is 0 Å². The molecular weight excluding hydrogens is 232 g/mol. The summed E-state index contributed by atoms with van der Waals surface area (Å²) in [5, 5.41) is 11.6. The normalized spacial score (nSPS) is 11.9. The van der Waals surface area contributed by atoms with Gasteiger partial charge in [-0.3, -0.25) is 4.79 Å². The molecule has 98 valence electrons. The zero-order chi connectivity index (χ0) is 13.5. The van der Waals surface area contributed by atoms with E-state index < -0.39 is 5.97 Å². The van der Waals surface area contributed by atoms with Crippen molar-refractivity contribution in [3.63, 3.8) is 0 Å². The number of benzene rings is 1. The van der Waals surface area contributed by atoms with Gasteiger partial charge in [-0.25, -0.2) is 4.79 Å². The summed E-state index contributed by atoms with van der Waals surface area (Å²) in [7, 11) is 0. The summed E-state index contributed by atoms with van der Waals surface area (Å²) < 4.78 is 0. The maximum atomic E-state index is 11.7. The lowest BCUT2D eigenvalue weighted by Crippen LogP contribution is -2.34. The highest BCUT2D eigenvalue weighted by Crippen LogP contribution is 2.06. The zero-order valence-electron chi connectivity index (χ0n) is 10.3. The molecule has 1 aromatic rings. The van der Waals surface area contributed by atoms with Crippen molar-refractivity contribution in [3.8, 4) is 0 Å². The van der Waals surface area contributed by atoms with Gasteiger partial charge in [0.1, 0.15) is 0 Å². The van der Waals surface area contributed by atoms with Crippen LogP contribution in [-0.4, -0.2) is 23.5 Å². The van der Waals surface area contributed by atoms with Crippen molar-refractivity contribution in [1.82, 2.24) is 5.32 Å². The Balaban J connectivity index is 2.61. The predicted octanol–water partition coefficient (Wildman–Crippen LogP) is 0.986. The zero-order valence-corrected chi connectivity index (χ0v) is 10.3. The molecule has 18 heavy (non-hydrogen) atoms. The summed E-state index contributed by atoms with van der Waals surface area (Å²) in [6, 6.07) is 6.50. The fourth-order valence-corrected chi connectivity index (χ4v) is 1.61. The number of nitrogens with one attached hydrogen (secondary N) is 1. The van der Waals surface area contributed by atoms with Crippen molar-refractivity contribution < 1.29 is 14.7 Å². The Morgan fingerprint density at radius 3 is 2.72 bits per heavy atom. The van der Waals surface area contributed by atoms with Gasteiger partial charge in [0, 0.05) is 19.0 Å². The number of carbonyl (C=O) groups is 2. The van der Waals surface area contributed by atoms with Gasteiger partial charge in [0.2, 0.25) is 5.91 Å². The second kappa shape index (κ2) is 6.76. The molecule has 0 fully saturated rings. The Morgan fingerprint density at radius 2 is 2.17 bits per heavy atom. The van der Waals surface area contributed by atoms with Crippen molar-refractivity contribution >= 4 is 11.9 Å². The molecule has 0 aliphatic carbocycles. The average Bonchev–Trinajstić information content (AvgIpc) is 2.38. The minimum atomic E-state index is -0.975. The molecule has 1 atom stereocenters. The lowest BCUT2D eigenvalue weighted by Gasteiger charge is -2.12. The summed E-state index contributed by atoms with van der Waals surface area (Å²) >= 11 is 0. The van der Waals surface area contributed by atoms with Crippen molar-refractivity contribution in [2.75, 3.05) is 6.54 Å². The number of nitrogens with two attached hydrogens (primary N) is 1. The van der Waals surface area contributed by atoms with E-state index in [1.54, 1.807) is 18.2 Å².